The van der Waals surface area contributed by atoms with Crippen LogP contribution in [0.2, 0.25) is 0 Å². The largest absolute Gasteiger partial charge is 0.461 e. The van der Waals surface area contributed by atoms with E-state index in [1.165, 1.54) is 11.8 Å². The average molecular weight is 715 g/mol. The van der Waals surface area contributed by atoms with E-state index in [-0.39, 0.29) is 38.4 Å². The summed E-state index contributed by atoms with van der Waals surface area (Å²) in [4.78, 5) is 64.9. The number of amides is 3. The van der Waals surface area contributed by atoms with Gasteiger partial charge >= 0.3 is 18.0 Å². The van der Waals surface area contributed by atoms with Crippen molar-refractivity contribution in [3.8, 4) is 0 Å². The minimum atomic E-state index is -1.25. The van der Waals surface area contributed by atoms with Gasteiger partial charge in [-0.15, -0.1) is 0 Å². The molecule has 0 radical (unpaired) electrons. The highest BCUT2D eigenvalue weighted by Crippen LogP contribution is 2.14. The number of esters is 2. The lowest BCUT2D eigenvalue weighted by molar-refractivity contribution is -0.145. The van der Waals surface area contributed by atoms with E-state index in [1.54, 1.807) is 24.3 Å². The second-order valence-corrected chi connectivity index (χ2v) is 12.4. The van der Waals surface area contributed by atoms with Crippen LogP contribution in [0.1, 0.15) is 35.1 Å². The molecule has 4 aromatic rings. The maximum atomic E-state index is 13.7. The van der Waals surface area contributed by atoms with Crippen molar-refractivity contribution in [2.45, 2.75) is 50.5 Å². The fraction of sp³-hybridized carbons (Fsp3) is 0.256. The van der Waals surface area contributed by atoms with Gasteiger partial charge in [0.15, 0.2) is 0 Å². The van der Waals surface area contributed by atoms with E-state index in [1.807, 2.05) is 97.1 Å². The summed E-state index contributed by atoms with van der Waals surface area (Å²) in [6.45, 7) is -0.355. The predicted octanol–water partition coefficient (Wildman–Crippen LogP) is 5.08. The zero-order valence-corrected chi connectivity index (χ0v) is 28.8. The fourth-order valence-corrected chi connectivity index (χ4v) is 5.66. The van der Waals surface area contributed by atoms with Crippen molar-refractivity contribution in [2.24, 2.45) is 0 Å². The molecule has 51 heavy (non-hydrogen) atoms. The summed E-state index contributed by atoms with van der Waals surface area (Å²) in [6, 6.07) is 34.5. The van der Waals surface area contributed by atoms with Crippen LogP contribution in [0.25, 0.3) is 0 Å². The summed E-state index contributed by atoms with van der Waals surface area (Å²) in [5, 5.41) is 7.78. The predicted molar refractivity (Wildman–Crippen MR) is 193 cm³/mol. The summed E-state index contributed by atoms with van der Waals surface area (Å²) in [5.41, 5.74) is 3.36. The zero-order chi connectivity index (χ0) is 36.1. The van der Waals surface area contributed by atoms with Crippen LogP contribution in [0.3, 0.4) is 0 Å². The first-order chi connectivity index (χ1) is 24.9. The Kier molecular flexibility index (Phi) is 16.1. The van der Waals surface area contributed by atoms with Crippen molar-refractivity contribution in [2.75, 3.05) is 12.3 Å². The number of carbonyl (C=O) groups is 5. The second-order valence-electron chi connectivity index (χ2n) is 11.4. The Balaban J connectivity index is 1.39. The number of ether oxygens (including phenoxy) is 3. The van der Waals surface area contributed by atoms with Gasteiger partial charge in [-0.3, -0.25) is 19.2 Å². The SMILES string of the molecule is O=C(CC[C@H](NC(=O)OCc1ccccc1)C(=O)N[C@@H](CSCc1ccccc1)C(=O)[15NH][13CH2][13C](=O)OCc1ccccc1)OCc1ccccc1. The van der Waals surface area contributed by atoms with Gasteiger partial charge in [-0.2, -0.15) is 11.8 Å². The number of alkyl carbamates (subject to hydrolysis) is 1. The van der Waals surface area contributed by atoms with Gasteiger partial charge in [0, 0.05) is 17.9 Å². The topological polar surface area (TPSA) is 149 Å². The van der Waals surface area contributed by atoms with Crippen LogP contribution < -0.4 is 16.0 Å². The van der Waals surface area contributed by atoms with Gasteiger partial charge in [-0.25, -0.2) is 4.79 Å². The monoisotopic (exact) mass is 714 g/mol. The molecule has 12 heteroatoms. The van der Waals surface area contributed by atoms with Crippen LogP contribution in [0.4, 0.5) is 4.79 Å². The first-order valence-electron chi connectivity index (χ1n) is 16.4. The molecule has 0 saturated heterocycles. The lowest BCUT2D eigenvalue weighted by Gasteiger charge is -2.23. The van der Waals surface area contributed by atoms with E-state index >= 15 is 0 Å². The van der Waals surface area contributed by atoms with Crippen molar-refractivity contribution in [3.63, 3.8) is 0 Å². The van der Waals surface area contributed by atoms with Crippen LogP contribution in [-0.4, -0.2) is 54.2 Å². The van der Waals surface area contributed by atoms with Crippen molar-refractivity contribution in [1.82, 2.24) is 16.0 Å². The Morgan fingerprint density at radius 2 is 1.00 bits per heavy atom. The highest BCUT2D eigenvalue weighted by atomic mass is 32.2. The van der Waals surface area contributed by atoms with Gasteiger partial charge in [0.2, 0.25) is 11.8 Å². The lowest BCUT2D eigenvalue weighted by atomic mass is 10.1. The van der Waals surface area contributed by atoms with Gasteiger partial charge < -0.3 is 30.2 Å². The molecule has 0 unspecified atom stereocenters. The first kappa shape index (κ1) is 38.2. The van der Waals surface area contributed by atoms with Crippen LogP contribution >= 0.6 is 11.8 Å². The molecule has 0 aromatic heterocycles. The summed E-state index contributed by atoms with van der Waals surface area (Å²) >= 11 is 1.40. The van der Waals surface area contributed by atoms with Gasteiger partial charge in [0.25, 0.3) is 0 Å². The number of thioether (sulfide) groups is 1. The van der Waals surface area contributed by atoms with Gasteiger partial charge in [-0.05, 0) is 28.7 Å². The Hall–Kier alpha value is -5.62. The molecule has 0 bridgehead atoms. The van der Waals surface area contributed by atoms with Crippen LogP contribution in [0.5, 0.6) is 0 Å². The summed E-state index contributed by atoms with van der Waals surface area (Å²) in [5.74, 6) is -1.85. The fourth-order valence-electron chi connectivity index (χ4n) is 4.64. The molecule has 0 aliphatic rings. The third-order valence-corrected chi connectivity index (χ3v) is 8.49. The molecule has 3 N–H and O–H groups in total. The minimum absolute atomic E-state index is 0.0400. The molecule has 4 rings (SSSR count). The molecule has 0 saturated carbocycles. The van der Waals surface area contributed by atoms with E-state index in [9.17, 15) is 24.0 Å². The van der Waals surface area contributed by atoms with E-state index in [0.29, 0.717) is 5.75 Å². The molecule has 2 atom stereocenters. The molecule has 0 aliphatic carbocycles. The first-order valence-corrected chi connectivity index (χ1v) is 17.6. The Morgan fingerprint density at radius 1 is 0.529 bits per heavy atom. The number of rotatable bonds is 19. The third-order valence-electron chi connectivity index (χ3n) is 7.38. The molecule has 0 heterocycles. The van der Waals surface area contributed by atoms with Gasteiger partial charge in [0.05, 0.1) is 0 Å². The summed E-state index contributed by atoms with van der Waals surface area (Å²) in [6.07, 6.45) is -1.20. The standard InChI is InChI=1S/C39H41N3O8S/c43-35(48-24-29-13-5-1-6-14-29)22-21-33(42-39(47)50-26-31-17-9-3-10-18-31)38(46)41-34(28-51-27-32-19-11-4-12-20-32)37(45)40-23-36(44)49-25-30-15-7-2-8-16-30/h1-20,33-34H,21-28H2,(H,40,45)(H,41,46)(H,42,47)/t33-,34-/m0/s1/i23+1,36+1,40+1. The molecule has 0 fully saturated rings. The van der Waals surface area contributed by atoms with E-state index in [2.05, 4.69) is 16.0 Å². The Labute approximate surface area is 301 Å². The molecular formula is C39H41N3O8S. The molecule has 0 spiro atoms. The molecular weight excluding hydrogens is 673 g/mol. The van der Waals surface area contributed by atoms with Crippen molar-refractivity contribution >= 4 is 41.6 Å². The van der Waals surface area contributed by atoms with E-state index in [0.717, 1.165) is 22.3 Å². The maximum Gasteiger partial charge on any atom is 0.408 e. The maximum absolute atomic E-state index is 13.7. The van der Waals surface area contributed by atoms with E-state index < -0.39 is 48.5 Å². The summed E-state index contributed by atoms with van der Waals surface area (Å²) < 4.78 is 16.0. The van der Waals surface area contributed by atoms with Crippen molar-refractivity contribution in [3.05, 3.63) is 144 Å². The van der Waals surface area contributed by atoms with Crippen LogP contribution in [-0.2, 0) is 59.0 Å². The number of hydrogen-bond acceptors (Lipinski definition) is 9. The Morgan fingerprint density at radius 3 is 1.53 bits per heavy atom. The van der Waals surface area contributed by atoms with E-state index in [4.69, 9.17) is 14.2 Å². The van der Waals surface area contributed by atoms with Crippen molar-refractivity contribution < 1.29 is 38.2 Å². The Bertz CT molecular complexity index is 1680. The second kappa shape index (κ2) is 21.5. The highest BCUT2D eigenvalue weighted by molar-refractivity contribution is 7.98. The van der Waals surface area contributed by atoms with Crippen LogP contribution in [0, 0.1) is 0 Å². The normalized spacial score (nSPS) is 11.7. The zero-order valence-electron chi connectivity index (χ0n) is 28.0. The number of hydrogen-bond donors (Lipinski definition) is 3. The molecule has 11 nitrogen and oxygen atoms in total. The van der Waals surface area contributed by atoms with Gasteiger partial charge in [0.1, 0.15) is 38.4 Å². The number of nitrogens with one attached hydrogen (secondary N) is 3. The molecule has 266 valence electrons. The number of benzene rings is 4. The lowest BCUT2D eigenvalue weighted by Crippen LogP contribution is -2.55. The number of carbonyl (C=O) groups excluding carboxylic acids is 5. The van der Waals surface area contributed by atoms with Gasteiger partial charge in [-0.1, -0.05) is 121 Å². The third kappa shape index (κ3) is 14.8. The van der Waals surface area contributed by atoms with Crippen LogP contribution in [0.15, 0.2) is 121 Å². The summed E-state index contributed by atoms with van der Waals surface area (Å²) in [7, 11) is 0. The quantitative estimate of drug-likeness (QED) is 0.0523. The minimum Gasteiger partial charge on any atom is -0.461 e. The molecule has 4 aromatic carbocycles. The van der Waals surface area contributed by atoms with Crippen molar-refractivity contribution in [1.29, 1.82) is 0 Å². The molecule has 3 amide bonds. The highest BCUT2D eigenvalue weighted by Gasteiger charge is 2.28. The average Bonchev–Trinajstić information content (AvgIpc) is 3.17. The smallest absolute Gasteiger partial charge is 0.408 e. The molecule has 0 aliphatic heterocycles.